The van der Waals surface area contributed by atoms with Crippen LogP contribution < -0.4 is 5.32 Å². The first kappa shape index (κ1) is 9.72. The predicted molar refractivity (Wildman–Crippen MR) is 40.0 cm³/mol. The van der Waals surface area contributed by atoms with E-state index in [0.717, 1.165) is 0 Å². The summed E-state index contributed by atoms with van der Waals surface area (Å²) in [7, 11) is 0. The lowest BCUT2D eigenvalue weighted by atomic mass is 10.3. The fourth-order valence-electron chi connectivity index (χ4n) is 0.468. The second kappa shape index (κ2) is 5.50. The van der Waals surface area contributed by atoms with Crippen LogP contribution in [0.4, 0.5) is 0 Å². The van der Waals surface area contributed by atoms with Crippen molar-refractivity contribution < 1.29 is 9.90 Å². The summed E-state index contributed by atoms with van der Waals surface area (Å²) in [5.74, 6) is -0.206. The van der Waals surface area contributed by atoms with Crippen LogP contribution in [0.25, 0.3) is 0 Å². The van der Waals surface area contributed by atoms with E-state index >= 15 is 0 Å². The van der Waals surface area contributed by atoms with Crippen LogP contribution in [0.15, 0.2) is 0 Å². The lowest BCUT2D eigenvalue weighted by molar-refractivity contribution is -0.118. The number of hydrogen-bond donors (Lipinski definition) is 2. The van der Waals surface area contributed by atoms with Gasteiger partial charge in [-0.2, -0.15) is 0 Å². The normalized spacial score (nSPS) is 12.7. The fraction of sp³-hybridized carbons (Fsp3) is 0.833. The quantitative estimate of drug-likeness (QED) is 0.581. The van der Waals surface area contributed by atoms with Gasteiger partial charge in [-0.3, -0.25) is 4.79 Å². The number of aliphatic hydroxyl groups is 1. The summed E-state index contributed by atoms with van der Waals surface area (Å²) in [5, 5.41) is 11.3. The van der Waals surface area contributed by atoms with E-state index < -0.39 is 0 Å². The molecule has 1 atom stereocenters. The van der Waals surface area contributed by atoms with Gasteiger partial charge < -0.3 is 10.4 Å². The van der Waals surface area contributed by atoms with Crippen LogP contribution in [0.1, 0.15) is 13.3 Å². The number of carbonyl (C=O) groups excluding carboxylic acids is 1. The molecule has 0 aromatic heterocycles. The van der Waals surface area contributed by atoms with Crippen molar-refractivity contribution >= 4 is 17.5 Å². The van der Waals surface area contributed by atoms with Crippen molar-refractivity contribution in [3.05, 3.63) is 0 Å². The van der Waals surface area contributed by atoms with Gasteiger partial charge in [0.15, 0.2) is 0 Å². The third-order valence-corrected chi connectivity index (χ3v) is 1.25. The average molecular weight is 166 g/mol. The summed E-state index contributed by atoms with van der Waals surface area (Å²) < 4.78 is 0. The fourth-order valence-corrected chi connectivity index (χ4v) is 0.562. The molecule has 60 valence electrons. The van der Waals surface area contributed by atoms with Gasteiger partial charge in [-0.05, 0) is 13.3 Å². The van der Waals surface area contributed by atoms with Crippen LogP contribution in [0.3, 0.4) is 0 Å². The van der Waals surface area contributed by atoms with Crippen LogP contribution >= 0.6 is 11.6 Å². The van der Waals surface area contributed by atoms with Gasteiger partial charge in [0, 0.05) is 6.54 Å². The summed E-state index contributed by atoms with van der Waals surface area (Å²) >= 11 is 5.19. The SMILES string of the molecule is CC(O)CCNC(=O)CCl. The van der Waals surface area contributed by atoms with E-state index in [9.17, 15) is 4.79 Å². The van der Waals surface area contributed by atoms with E-state index in [4.69, 9.17) is 16.7 Å². The predicted octanol–water partition coefficient (Wildman–Crippen LogP) is 0.112. The van der Waals surface area contributed by atoms with Crippen LogP contribution in [-0.2, 0) is 4.79 Å². The van der Waals surface area contributed by atoms with Crippen LogP contribution in [0, 0.1) is 0 Å². The minimum Gasteiger partial charge on any atom is -0.393 e. The average Bonchev–Trinajstić information content (AvgIpc) is 1.87. The molecule has 10 heavy (non-hydrogen) atoms. The first-order valence-corrected chi connectivity index (χ1v) is 3.71. The molecule has 1 unspecified atom stereocenters. The lowest BCUT2D eigenvalue weighted by Crippen LogP contribution is -2.27. The second-order valence-corrected chi connectivity index (χ2v) is 2.39. The number of hydrogen-bond acceptors (Lipinski definition) is 2. The molecule has 0 aliphatic carbocycles. The van der Waals surface area contributed by atoms with Gasteiger partial charge in [0.25, 0.3) is 0 Å². The zero-order valence-corrected chi connectivity index (χ0v) is 6.69. The van der Waals surface area contributed by atoms with Gasteiger partial charge in [-0.1, -0.05) is 0 Å². The van der Waals surface area contributed by atoms with Crippen molar-refractivity contribution in [1.29, 1.82) is 0 Å². The topological polar surface area (TPSA) is 49.3 Å². The molecular weight excluding hydrogens is 154 g/mol. The molecule has 0 fully saturated rings. The summed E-state index contributed by atoms with van der Waals surface area (Å²) in [6, 6.07) is 0. The third kappa shape index (κ3) is 5.85. The largest absolute Gasteiger partial charge is 0.393 e. The van der Waals surface area contributed by atoms with Crippen LogP contribution in [0.5, 0.6) is 0 Å². The van der Waals surface area contributed by atoms with E-state index in [1.54, 1.807) is 6.92 Å². The standard InChI is InChI=1S/C6H12ClNO2/c1-5(9)2-3-8-6(10)4-7/h5,9H,2-4H2,1H3,(H,8,10). The van der Waals surface area contributed by atoms with Crippen molar-refractivity contribution in [3.8, 4) is 0 Å². The number of rotatable bonds is 4. The van der Waals surface area contributed by atoms with E-state index in [2.05, 4.69) is 5.32 Å². The maximum absolute atomic E-state index is 10.5. The molecule has 0 aliphatic rings. The van der Waals surface area contributed by atoms with Gasteiger partial charge in [-0.25, -0.2) is 0 Å². The smallest absolute Gasteiger partial charge is 0.234 e. The van der Waals surface area contributed by atoms with E-state index in [1.807, 2.05) is 0 Å². The Balaban J connectivity index is 3.12. The zero-order valence-electron chi connectivity index (χ0n) is 5.93. The van der Waals surface area contributed by atoms with Crippen molar-refractivity contribution in [3.63, 3.8) is 0 Å². The van der Waals surface area contributed by atoms with E-state index in [-0.39, 0.29) is 17.9 Å². The molecule has 0 aliphatic heterocycles. The molecule has 0 rings (SSSR count). The highest BCUT2D eigenvalue weighted by Gasteiger charge is 1.98. The zero-order chi connectivity index (χ0) is 7.98. The molecule has 0 aromatic carbocycles. The summed E-state index contributed by atoms with van der Waals surface area (Å²) in [6.45, 7) is 2.16. The molecule has 1 amide bonds. The molecule has 0 aromatic rings. The molecule has 0 radical (unpaired) electrons. The Morgan fingerprint density at radius 3 is 2.80 bits per heavy atom. The Hall–Kier alpha value is -0.280. The van der Waals surface area contributed by atoms with Crippen molar-refractivity contribution in [2.75, 3.05) is 12.4 Å². The highest BCUT2D eigenvalue weighted by molar-refractivity contribution is 6.27. The Morgan fingerprint density at radius 2 is 2.40 bits per heavy atom. The van der Waals surface area contributed by atoms with Crippen molar-refractivity contribution in [2.24, 2.45) is 0 Å². The number of halogens is 1. The first-order chi connectivity index (χ1) is 4.66. The molecule has 2 N–H and O–H groups in total. The summed E-state index contributed by atoms with van der Waals surface area (Å²) in [4.78, 5) is 10.5. The van der Waals surface area contributed by atoms with Crippen LogP contribution in [-0.4, -0.2) is 29.5 Å². The van der Waals surface area contributed by atoms with Gasteiger partial charge in [-0.15, -0.1) is 11.6 Å². The monoisotopic (exact) mass is 165 g/mol. The third-order valence-electron chi connectivity index (χ3n) is 1.01. The molecular formula is C6H12ClNO2. The second-order valence-electron chi connectivity index (χ2n) is 2.12. The summed E-state index contributed by atoms with van der Waals surface area (Å²) in [6.07, 6.45) is 0.207. The molecule has 0 saturated carbocycles. The van der Waals surface area contributed by atoms with E-state index in [1.165, 1.54) is 0 Å². The molecule has 0 spiro atoms. The van der Waals surface area contributed by atoms with Crippen molar-refractivity contribution in [2.45, 2.75) is 19.4 Å². The molecule has 0 bridgehead atoms. The number of nitrogens with one attached hydrogen (secondary N) is 1. The summed E-state index contributed by atoms with van der Waals surface area (Å²) in [5.41, 5.74) is 0. The Morgan fingerprint density at radius 1 is 1.80 bits per heavy atom. The molecule has 4 heteroatoms. The highest BCUT2D eigenvalue weighted by atomic mass is 35.5. The minimum atomic E-state index is -0.365. The Kier molecular flexibility index (Phi) is 5.35. The van der Waals surface area contributed by atoms with Gasteiger partial charge >= 0.3 is 0 Å². The maximum atomic E-state index is 10.5. The minimum absolute atomic E-state index is 0.0141. The maximum Gasteiger partial charge on any atom is 0.234 e. The van der Waals surface area contributed by atoms with Crippen LogP contribution in [0.2, 0.25) is 0 Å². The number of alkyl halides is 1. The molecule has 0 heterocycles. The molecule has 3 nitrogen and oxygen atoms in total. The van der Waals surface area contributed by atoms with E-state index in [0.29, 0.717) is 13.0 Å². The highest BCUT2D eigenvalue weighted by Crippen LogP contribution is 1.85. The van der Waals surface area contributed by atoms with Crippen molar-refractivity contribution in [1.82, 2.24) is 5.32 Å². The van der Waals surface area contributed by atoms with Gasteiger partial charge in [0.1, 0.15) is 5.88 Å². The Bertz CT molecular complexity index is 106. The van der Waals surface area contributed by atoms with Gasteiger partial charge in [0.05, 0.1) is 6.10 Å². The van der Waals surface area contributed by atoms with Gasteiger partial charge in [0.2, 0.25) is 5.91 Å². The number of carbonyl (C=O) groups is 1. The number of aliphatic hydroxyl groups excluding tert-OH is 1. The number of amides is 1. The lowest BCUT2D eigenvalue weighted by Gasteiger charge is -2.03. The first-order valence-electron chi connectivity index (χ1n) is 3.17. The Labute approximate surface area is 65.4 Å². The molecule has 0 saturated heterocycles.